The van der Waals surface area contributed by atoms with Crippen molar-refractivity contribution in [3.8, 4) is 0 Å². The van der Waals surface area contributed by atoms with Crippen molar-refractivity contribution in [3.05, 3.63) is 69.3 Å². The van der Waals surface area contributed by atoms with Gasteiger partial charge in [-0.15, -0.1) is 0 Å². The summed E-state index contributed by atoms with van der Waals surface area (Å²) < 4.78 is 5.08. The van der Waals surface area contributed by atoms with Gasteiger partial charge in [-0.25, -0.2) is 4.79 Å². The summed E-state index contributed by atoms with van der Waals surface area (Å²) in [6, 6.07) is 10.5. The Hall–Kier alpha value is -3.22. The zero-order valence-electron chi connectivity index (χ0n) is 14.1. The van der Waals surface area contributed by atoms with Crippen molar-refractivity contribution >= 4 is 23.3 Å². The Morgan fingerprint density at radius 3 is 2.24 bits per heavy atom. The first-order valence-electron chi connectivity index (χ1n) is 7.65. The first-order chi connectivity index (χ1) is 11.8. The molecule has 1 N–H and O–H groups in total. The number of nitrogens with zero attached hydrogens (tertiary/aromatic N) is 1. The second-order valence-electron chi connectivity index (χ2n) is 5.74. The normalized spacial score (nSPS) is 10.4. The maximum atomic E-state index is 12.2. The topological polar surface area (TPSA) is 98.5 Å². The van der Waals surface area contributed by atoms with Crippen LogP contribution in [-0.4, -0.2) is 22.9 Å². The predicted molar refractivity (Wildman–Crippen MR) is 92.8 cm³/mol. The summed E-state index contributed by atoms with van der Waals surface area (Å²) in [5.41, 5.74) is 1.39. The van der Waals surface area contributed by atoms with Gasteiger partial charge in [0.05, 0.1) is 16.6 Å². The van der Waals surface area contributed by atoms with Gasteiger partial charge in [0, 0.05) is 22.9 Å². The summed E-state index contributed by atoms with van der Waals surface area (Å²) >= 11 is 0. The van der Waals surface area contributed by atoms with Crippen LogP contribution in [0.25, 0.3) is 0 Å². The smallest absolute Gasteiger partial charge is 0.338 e. The van der Waals surface area contributed by atoms with Gasteiger partial charge in [0.15, 0.2) is 0 Å². The second-order valence-corrected chi connectivity index (χ2v) is 5.74. The summed E-state index contributed by atoms with van der Waals surface area (Å²) in [7, 11) is 0. The van der Waals surface area contributed by atoms with Gasteiger partial charge >= 0.3 is 5.97 Å². The van der Waals surface area contributed by atoms with Gasteiger partial charge in [-0.05, 0) is 51.1 Å². The summed E-state index contributed by atoms with van der Waals surface area (Å²) in [5.74, 6) is -0.914. The van der Waals surface area contributed by atoms with E-state index in [-0.39, 0.29) is 17.4 Å². The third-order valence-electron chi connectivity index (χ3n) is 3.39. The highest BCUT2D eigenvalue weighted by molar-refractivity contribution is 6.05. The molecule has 0 radical (unpaired) electrons. The summed E-state index contributed by atoms with van der Waals surface area (Å²) in [4.78, 5) is 34.4. The zero-order chi connectivity index (χ0) is 18.6. The van der Waals surface area contributed by atoms with E-state index in [1.807, 2.05) is 0 Å². The number of ether oxygens (including phenoxy) is 1. The molecule has 0 unspecified atom stereocenters. The lowest BCUT2D eigenvalue weighted by Gasteiger charge is -2.09. The molecule has 0 bridgehead atoms. The highest BCUT2D eigenvalue weighted by Crippen LogP contribution is 2.20. The summed E-state index contributed by atoms with van der Waals surface area (Å²) in [5, 5.41) is 13.6. The SMILES string of the molecule is Cc1ccc(C(=O)Nc2ccc(C(=O)OC(C)C)cc2)cc1[N+](=O)[O-]. The maximum Gasteiger partial charge on any atom is 0.338 e. The van der Waals surface area contributed by atoms with Gasteiger partial charge in [-0.2, -0.15) is 0 Å². The molecule has 1 amide bonds. The second kappa shape index (κ2) is 7.57. The lowest BCUT2D eigenvalue weighted by molar-refractivity contribution is -0.385. The van der Waals surface area contributed by atoms with Crippen molar-refractivity contribution in [1.82, 2.24) is 0 Å². The molecule has 0 aliphatic heterocycles. The standard InChI is InChI=1S/C18H18N2O5/c1-11(2)25-18(22)13-6-8-15(9-7-13)19-17(21)14-5-4-12(3)16(10-14)20(23)24/h4-11H,1-3H3,(H,19,21). The molecule has 0 atom stereocenters. The summed E-state index contributed by atoms with van der Waals surface area (Å²) in [6.45, 7) is 5.12. The Morgan fingerprint density at radius 2 is 1.68 bits per heavy atom. The number of benzene rings is 2. The molecular weight excluding hydrogens is 324 g/mol. The molecular formula is C18H18N2O5. The minimum absolute atomic E-state index is 0.112. The fourth-order valence-corrected chi connectivity index (χ4v) is 2.12. The van der Waals surface area contributed by atoms with Crippen molar-refractivity contribution in [2.75, 3.05) is 5.32 Å². The van der Waals surface area contributed by atoms with Gasteiger partial charge < -0.3 is 10.1 Å². The number of hydrogen-bond acceptors (Lipinski definition) is 5. The van der Waals surface area contributed by atoms with Crippen LogP contribution >= 0.6 is 0 Å². The van der Waals surface area contributed by atoms with Crippen LogP contribution < -0.4 is 5.32 Å². The number of nitrogens with one attached hydrogen (secondary N) is 1. The maximum absolute atomic E-state index is 12.2. The van der Waals surface area contributed by atoms with Crippen molar-refractivity contribution in [1.29, 1.82) is 0 Å². The number of nitro benzene ring substituents is 1. The fourth-order valence-electron chi connectivity index (χ4n) is 2.12. The lowest BCUT2D eigenvalue weighted by Crippen LogP contribution is -2.13. The average Bonchev–Trinajstić information content (AvgIpc) is 2.54. The highest BCUT2D eigenvalue weighted by atomic mass is 16.6. The molecule has 0 aliphatic rings. The minimum atomic E-state index is -0.527. The molecule has 2 aromatic rings. The number of carbonyl (C=O) groups excluding carboxylic acids is 2. The molecule has 2 rings (SSSR count). The number of hydrogen-bond donors (Lipinski definition) is 1. The van der Waals surface area contributed by atoms with Crippen LogP contribution in [0.2, 0.25) is 0 Å². The molecule has 0 spiro atoms. The molecule has 0 saturated heterocycles. The van der Waals surface area contributed by atoms with E-state index in [0.29, 0.717) is 16.8 Å². The zero-order valence-corrected chi connectivity index (χ0v) is 14.1. The molecule has 0 saturated carbocycles. The molecule has 0 aliphatic carbocycles. The van der Waals surface area contributed by atoms with Gasteiger partial charge in [-0.1, -0.05) is 6.07 Å². The first-order valence-corrected chi connectivity index (χ1v) is 7.65. The Labute approximate surface area is 144 Å². The fraction of sp³-hybridized carbons (Fsp3) is 0.222. The highest BCUT2D eigenvalue weighted by Gasteiger charge is 2.15. The van der Waals surface area contributed by atoms with Gasteiger partial charge in [0.1, 0.15) is 0 Å². The Balaban J connectivity index is 2.12. The molecule has 0 aromatic heterocycles. The molecule has 7 heteroatoms. The molecule has 7 nitrogen and oxygen atoms in total. The van der Waals surface area contributed by atoms with Gasteiger partial charge in [0.25, 0.3) is 11.6 Å². The Bertz CT molecular complexity index is 813. The third kappa shape index (κ3) is 4.63. The Kier molecular flexibility index (Phi) is 5.49. The van der Waals surface area contributed by atoms with Crippen molar-refractivity contribution in [3.63, 3.8) is 0 Å². The van der Waals surface area contributed by atoms with E-state index < -0.39 is 16.8 Å². The number of aryl methyl sites for hydroxylation is 1. The van der Waals surface area contributed by atoms with Gasteiger partial charge in [0.2, 0.25) is 0 Å². The third-order valence-corrected chi connectivity index (χ3v) is 3.39. The van der Waals surface area contributed by atoms with Crippen LogP contribution in [0, 0.1) is 17.0 Å². The monoisotopic (exact) mass is 342 g/mol. The van der Waals surface area contributed by atoms with Gasteiger partial charge in [-0.3, -0.25) is 14.9 Å². The largest absolute Gasteiger partial charge is 0.459 e. The van der Waals surface area contributed by atoms with Crippen LogP contribution in [0.15, 0.2) is 42.5 Å². The average molecular weight is 342 g/mol. The number of amides is 1. The lowest BCUT2D eigenvalue weighted by atomic mass is 10.1. The number of esters is 1. The Morgan fingerprint density at radius 1 is 1.08 bits per heavy atom. The molecule has 2 aromatic carbocycles. The van der Waals surface area contributed by atoms with Crippen LogP contribution in [-0.2, 0) is 4.74 Å². The van der Waals surface area contributed by atoms with Crippen molar-refractivity contribution in [2.24, 2.45) is 0 Å². The van der Waals surface area contributed by atoms with Crippen molar-refractivity contribution < 1.29 is 19.2 Å². The van der Waals surface area contributed by atoms with E-state index >= 15 is 0 Å². The van der Waals surface area contributed by atoms with Crippen LogP contribution in [0.3, 0.4) is 0 Å². The van der Waals surface area contributed by atoms with E-state index in [0.717, 1.165) is 0 Å². The van der Waals surface area contributed by atoms with Crippen LogP contribution in [0.5, 0.6) is 0 Å². The minimum Gasteiger partial charge on any atom is -0.459 e. The van der Waals surface area contributed by atoms with E-state index in [1.54, 1.807) is 32.9 Å². The quantitative estimate of drug-likeness (QED) is 0.507. The molecule has 0 fully saturated rings. The molecule has 0 heterocycles. The van der Waals surface area contributed by atoms with E-state index in [2.05, 4.69) is 5.32 Å². The van der Waals surface area contributed by atoms with Crippen molar-refractivity contribution in [2.45, 2.75) is 26.9 Å². The number of anilines is 1. The number of rotatable bonds is 5. The number of carbonyl (C=O) groups is 2. The predicted octanol–water partition coefficient (Wildman–Crippen LogP) is 3.72. The summed E-state index contributed by atoms with van der Waals surface area (Å²) in [6.07, 6.45) is -0.218. The molecule has 25 heavy (non-hydrogen) atoms. The first kappa shape index (κ1) is 18.1. The molecule has 130 valence electrons. The van der Waals surface area contributed by atoms with Crippen LogP contribution in [0.1, 0.15) is 40.1 Å². The van der Waals surface area contributed by atoms with Crippen LogP contribution in [0.4, 0.5) is 11.4 Å². The van der Waals surface area contributed by atoms with E-state index in [4.69, 9.17) is 4.74 Å². The van der Waals surface area contributed by atoms with E-state index in [1.165, 1.54) is 30.3 Å². The van der Waals surface area contributed by atoms with E-state index in [9.17, 15) is 19.7 Å². The number of nitro groups is 1.